The van der Waals surface area contributed by atoms with Gasteiger partial charge in [-0.1, -0.05) is 50.2 Å². The van der Waals surface area contributed by atoms with Crippen molar-refractivity contribution in [2.24, 2.45) is 5.92 Å². The zero-order valence-corrected chi connectivity index (χ0v) is 23.8. The van der Waals surface area contributed by atoms with E-state index in [1.54, 1.807) is 26.8 Å². The van der Waals surface area contributed by atoms with Crippen LogP contribution < -0.4 is 15.6 Å². The topological polar surface area (TPSA) is 118 Å². The predicted molar refractivity (Wildman–Crippen MR) is 154 cm³/mol. The van der Waals surface area contributed by atoms with Crippen molar-refractivity contribution in [3.05, 3.63) is 64.3 Å². The number of aliphatic carboxylic acids is 1. The molecule has 214 valence electrons. The quantitative estimate of drug-likeness (QED) is 0.391. The maximum Gasteiger partial charge on any atom is 0.408 e. The number of anilines is 1. The van der Waals surface area contributed by atoms with Crippen LogP contribution in [0.15, 0.2) is 57.7 Å². The van der Waals surface area contributed by atoms with E-state index in [1.807, 2.05) is 55.1 Å². The summed E-state index contributed by atoms with van der Waals surface area (Å²) >= 11 is 0. The Bertz CT molecular complexity index is 1420. The summed E-state index contributed by atoms with van der Waals surface area (Å²) in [6, 6.07) is 14.4. The molecule has 0 saturated carbocycles. The van der Waals surface area contributed by atoms with E-state index in [9.17, 15) is 19.5 Å². The second-order valence-corrected chi connectivity index (χ2v) is 11.7. The highest BCUT2D eigenvalue weighted by molar-refractivity contribution is 5.92. The summed E-state index contributed by atoms with van der Waals surface area (Å²) in [4.78, 5) is 40.2. The fourth-order valence-electron chi connectivity index (χ4n) is 5.06. The number of hydrogen-bond acceptors (Lipinski definition) is 7. The van der Waals surface area contributed by atoms with Crippen LogP contribution in [0, 0.1) is 5.92 Å². The first-order chi connectivity index (χ1) is 18.9. The van der Waals surface area contributed by atoms with Gasteiger partial charge in [-0.2, -0.15) is 0 Å². The van der Waals surface area contributed by atoms with Crippen LogP contribution in [0.4, 0.5) is 10.7 Å². The average Bonchev–Trinajstić information content (AvgIpc) is 2.87. The second kappa shape index (κ2) is 11.7. The molecule has 0 spiro atoms. The SMILES string of the molecule is CC(C)CC(Cc1ccc(-c2cccc3c(=O)cc(N4CCOCC4)oc23)cc1)(NC(=O)OC(C)(C)C)C(=O)O. The number of amides is 1. The Hall–Kier alpha value is -3.85. The van der Waals surface area contributed by atoms with Gasteiger partial charge in [-0.15, -0.1) is 0 Å². The molecule has 9 nitrogen and oxygen atoms in total. The zero-order chi connectivity index (χ0) is 29.1. The van der Waals surface area contributed by atoms with Crippen molar-refractivity contribution in [2.75, 3.05) is 31.2 Å². The Morgan fingerprint density at radius 3 is 2.35 bits per heavy atom. The molecule has 1 unspecified atom stereocenters. The van der Waals surface area contributed by atoms with Crippen molar-refractivity contribution < 1.29 is 28.6 Å². The monoisotopic (exact) mass is 550 g/mol. The standard InChI is InChI=1S/C31H38N2O7/c1-20(2)18-31(28(35)36,32-29(37)40-30(3,4)5)19-21-9-11-22(12-10-21)23-7-6-8-24-25(34)17-26(39-27(23)24)33-13-15-38-16-14-33/h6-12,17,20H,13-16,18-19H2,1-5H3,(H,32,37)(H,35,36). The molecule has 1 aromatic heterocycles. The largest absolute Gasteiger partial charge is 0.479 e. The van der Waals surface area contributed by atoms with Gasteiger partial charge in [-0.25, -0.2) is 9.59 Å². The van der Waals surface area contributed by atoms with Gasteiger partial charge in [0, 0.05) is 31.1 Å². The normalized spacial score (nSPS) is 15.6. The van der Waals surface area contributed by atoms with E-state index in [0.29, 0.717) is 43.2 Å². The second-order valence-electron chi connectivity index (χ2n) is 11.7. The van der Waals surface area contributed by atoms with Crippen molar-refractivity contribution >= 4 is 28.9 Å². The molecule has 1 fully saturated rings. The van der Waals surface area contributed by atoms with Crippen LogP contribution >= 0.6 is 0 Å². The molecule has 4 rings (SSSR count). The summed E-state index contributed by atoms with van der Waals surface area (Å²) in [5.74, 6) is -0.606. The van der Waals surface area contributed by atoms with Gasteiger partial charge < -0.3 is 29.2 Å². The third-order valence-electron chi connectivity index (χ3n) is 6.74. The van der Waals surface area contributed by atoms with Gasteiger partial charge in [0.25, 0.3) is 0 Å². The lowest BCUT2D eigenvalue weighted by Gasteiger charge is -2.33. The minimum atomic E-state index is -1.54. The average molecular weight is 551 g/mol. The first-order valence-corrected chi connectivity index (χ1v) is 13.6. The number of carbonyl (C=O) groups is 2. The molecule has 1 saturated heterocycles. The first kappa shape index (κ1) is 29.1. The number of carbonyl (C=O) groups excluding carboxylic acids is 1. The van der Waals surface area contributed by atoms with Crippen LogP contribution in [0.2, 0.25) is 0 Å². The Kier molecular flexibility index (Phi) is 8.54. The maximum absolute atomic E-state index is 12.9. The molecule has 1 atom stereocenters. The summed E-state index contributed by atoms with van der Waals surface area (Å²) in [7, 11) is 0. The van der Waals surface area contributed by atoms with Gasteiger partial charge in [0.2, 0.25) is 0 Å². The number of ether oxygens (including phenoxy) is 2. The van der Waals surface area contributed by atoms with Gasteiger partial charge in [0.05, 0.1) is 18.6 Å². The zero-order valence-electron chi connectivity index (χ0n) is 23.8. The van der Waals surface area contributed by atoms with Crippen molar-refractivity contribution in [3.63, 3.8) is 0 Å². The number of carboxylic acid groups (broad SMARTS) is 1. The molecule has 0 radical (unpaired) electrons. The Morgan fingerprint density at radius 2 is 1.75 bits per heavy atom. The molecule has 3 aromatic rings. The number of morpholine rings is 1. The molecule has 0 bridgehead atoms. The molecule has 1 aliphatic heterocycles. The molecule has 9 heteroatoms. The number of benzene rings is 2. The first-order valence-electron chi connectivity index (χ1n) is 13.6. The minimum absolute atomic E-state index is 0.00422. The summed E-state index contributed by atoms with van der Waals surface area (Å²) in [6.07, 6.45) is -0.470. The number of fused-ring (bicyclic) bond motifs is 1. The smallest absolute Gasteiger partial charge is 0.408 e. The van der Waals surface area contributed by atoms with E-state index in [4.69, 9.17) is 13.9 Å². The minimum Gasteiger partial charge on any atom is -0.479 e. The molecule has 40 heavy (non-hydrogen) atoms. The third-order valence-corrected chi connectivity index (χ3v) is 6.74. The Labute approximate surface area is 234 Å². The lowest BCUT2D eigenvalue weighted by Crippen LogP contribution is -2.57. The number of hydrogen-bond donors (Lipinski definition) is 2. The number of para-hydroxylation sites is 1. The number of nitrogens with one attached hydrogen (secondary N) is 1. The molecular formula is C31H38N2O7. The lowest BCUT2D eigenvalue weighted by atomic mass is 9.83. The van der Waals surface area contributed by atoms with E-state index < -0.39 is 23.2 Å². The van der Waals surface area contributed by atoms with Crippen LogP contribution in [-0.4, -0.2) is 54.6 Å². The number of carboxylic acids is 1. The number of rotatable bonds is 8. The van der Waals surface area contributed by atoms with E-state index in [-0.39, 0.29) is 24.2 Å². The lowest BCUT2D eigenvalue weighted by molar-refractivity contribution is -0.145. The summed E-state index contributed by atoms with van der Waals surface area (Å²) in [5, 5.41) is 13.4. The number of alkyl carbamates (subject to hydrolysis) is 1. The summed E-state index contributed by atoms with van der Waals surface area (Å²) in [6.45, 7) is 11.5. The van der Waals surface area contributed by atoms with Crippen molar-refractivity contribution in [1.82, 2.24) is 5.32 Å². The van der Waals surface area contributed by atoms with Crippen molar-refractivity contribution in [2.45, 2.75) is 58.6 Å². The molecule has 2 N–H and O–H groups in total. The van der Waals surface area contributed by atoms with E-state index in [1.165, 1.54) is 6.07 Å². The van der Waals surface area contributed by atoms with Gasteiger partial charge in [0.1, 0.15) is 16.7 Å². The van der Waals surface area contributed by atoms with Crippen LogP contribution in [-0.2, 0) is 20.7 Å². The molecule has 1 aliphatic rings. The van der Waals surface area contributed by atoms with E-state index in [2.05, 4.69) is 5.32 Å². The van der Waals surface area contributed by atoms with E-state index >= 15 is 0 Å². The molecule has 0 aliphatic carbocycles. The van der Waals surface area contributed by atoms with Crippen molar-refractivity contribution in [3.8, 4) is 11.1 Å². The maximum atomic E-state index is 12.9. The van der Waals surface area contributed by atoms with Gasteiger partial charge >= 0.3 is 12.1 Å². The van der Waals surface area contributed by atoms with Gasteiger partial charge in [-0.05, 0) is 50.3 Å². The van der Waals surface area contributed by atoms with Gasteiger partial charge in [0.15, 0.2) is 11.3 Å². The summed E-state index contributed by atoms with van der Waals surface area (Å²) in [5.41, 5.74) is 0.389. The van der Waals surface area contributed by atoms with Crippen LogP contribution in [0.1, 0.15) is 46.6 Å². The van der Waals surface area contributed by atoms with Crippen LogP contribution in [0.5, 0.6) is 0 Å². The molecular weight excluding hydrogens is 512 g/mol. The van der Waals surface area contributed by atoms with Crippen molar-refractivity contribution in [1.29, 1.82) is 0 Å². The molecule has 2 heterocycles. The highest BCUT2D eigenvalue weighted by Crippen LogP contribution is 2.31. The summed E-state index contributed by atoms with van der Waals surface area (Å²) < 4.78 is 17.1. The Morgan fingerprint density at radius 1 is 1.07 bits per heavy atom. The highest BCUT2D eigenvalue weighted by Gasteiger charge is 2.42. The number of nitrogens with zero attached hydrogens (tertiary/aromatic N) is 1. The fourth-order valence-corrected chi connectivity index (χ4v) is 5.06. The molecule has 2 aromatic carbocycles. The Balaban J connectivity index is 1.66. The van der Waals surface area contributed by atoms with E-state index in [0.717, 1.165) is 16.7 Å². The third kappa shape index (κ3) is 6.83. The predicted octanol–water partition coefficient (Wildman–Crippen LogP) is 5.23. The van der Waals surface area contributed by atoms with Crippen LogP contribution in [0.3, 0.4) is 0 Å². The molecule has 1 amide bonds. The fraction of sp³-hybridized carbons (Fsp3) is 0.452. The van der Waals surface area contributed by atoms with Crippen LogP contribution in [0.25, 0.3) is 22.1 Å². The van der Waals surface area contributed by atoms with Gasteiger partial charge in [-0.3, -0.25) is 4.79 Å². The highest BCUT2D eigenvalue weighted by atomic mass is 16.6.